The van der Waals surface area contributed by atoms with Crippen LogP contribution in [0.15, 0.2) is 22.7 Å². The van der Waals surface area contributed by atoms with Gasteiger partial charge in [-0.15, -0.1) is 0 Å². The van der Waals surface area contributed by atoms with Crippen molar-refractivity contribution < 1.29 is 4.74 Å². The average molecular weight is 351 g/mol. The Kier molecular flexibility index (Phi) is 4.95. The van der Waals surface area contributed by atoms with Gasteiger partial charge in [0.2, 0.25) is 0 Å². The van der Waals surface area contributed by atoms with Crippen LogP contribution in [0.2, 0.25) is 0 Å². The third-order valence-electron chi connectivity index (χ3n) is 3.76. The van der Waals surface area contributed by atoms with Crippen LogP contribution in [0.1, 0.15) is 45.6 Å². The van der Waals surface area contributed by atoms with Gasteiger partial charge in [0.1, 0.15) is 5.75 Å². The van der Waals surface area contributed by atoms with E-state index in [0.29, 0.717) is 13.0 Å². The first-order chi connectivity index (χ1) is 9.84. The van der Waals surface area contributed by atoms with Crippen molar-refractivity contribution in [3.63, 3.8) is 0 Å². The number of nitriles is 1. The minimum absolute atomic E-state index is 0.108. The summed E-state index contributed by atoms with van der Waals surface area (Å²) in [6.07, 6.45) is 2.80. The van der Waals surface area contributed by atoms with E-state index in [4.69, 9.17) is 10.00 Å². The molecule has 1 N–H and O–H groups in total. The summed E-state index contributed by atoms with van der Waals surface area (Å²) in [6.45, 7) is 7.94. The average Bonchev–Trinajstić information content (AvgIpc) is 3.15. The largest absolute Gasteiger partial charge is 0.492 e. The van der Waals surface area contributed by atoms with Crippen molar-refractivity contribution in [2.24, 2.45) is 5.41 Å². The maximum Gasteiger partial charge on any atom is 0.133 e. The monoisotopic (exact) mass is 350 g/mol. The molecule has 0 aliphatic heterocycles. The van der Waals surface area contributed by atoms with Crippen LogP contribution in [0, 0.1) is 16.7 Å². The fourth-order valence-corrected chi connectivity index (χ4v) is 2.63. The molecule has 0 unspecified atom stereocenters. The number of nitrogens with zero attached hydrogens (tertiary/aromatic N) is 1. The number of rotatable bonds is 6. The van der Waals surface area contributed by atoms with E-state index in [1.165, 1.54) is 5.56 Å². The highest BCUT2D eigenvalue weighted by atomic mass is 79.9. The van der Waals surface area contributed by atoms with Crippen molar-refractivity contribution in [2.75, 3.05) is 6.61 Å². The van der Waals surface area contributed by atoms with Gasteiger partial charge < -0.3 is 10.1 Å². The van der Waals surface area contributed by atoms with Gasteiger partial charge in [-0.05, 0) is 67.2 Å². The van der Waals surface area contributed by atoms with Crippen LogP contribution >= 0.6 is 15.9 Å². The minimum Gasteiger partial charge on any atom is -0.492 e. The van der Waals surface area contributed by atoms with Gasteiger partial charge in [0.25, 0.3) is 0 Å². The number of benzene rings is 1. The lowest BCUT2D eigenvalue weighted by molar-refractivity contribution is 0.235. The predicted octanol–water partition coefficient (Wildman–Crippen LogP) is 4.41. The summed E-state index contributed by atoms with van der Waals surface area (Å²) in [7, 11) is 0. The maximum atomic E-state index is 8.83. The minimum atomic E-state index is 0.108. The summed E-state index contributed by atoms with van der Waals surface area (Å²) >= 11 is 3.58. The summed E-state index contributed by atoms with van der Waals surface area (Å²) in [6, 6.07) is 8.45. The second-order valence-electron chi connectivity index (χ2n) is 6.99. The highest BCUT2D eigenvalue weighted by Crippen LogP contribution is 2.49. The molecule has 0 spiro atoms. The molecule has 0 atom stereocenters. The quantitative estimate of drug-likeness (QED) is 0.826. The van der Waals surface area contributed by atoms with E-state index in [0.717, 1.165) is 29.6 Å². The molecule has 0 radical (unpaired) electrons. The molecule has 2 rings (SSSR count). The second kappa shape index (κ2) is 6.37. The van der Waals surface area contributed by atoms with Crippen LogP contribution in [0.5, 0.6) is 5.75 Å². The molecule has 114 valence electrons. The Morgan fingerprint density at radius 2 is 2.10 bits per heavy atom. The van der Waals surface area contributed by atoms with Gasteiger partial charge >= 0.3 is 0 Å². The van der Waals surface area contributed by atoms with E-state index < -0.39 is 0 Å². The first-order valence-corrected chi connectivity index (χ1v) is 8.16. The fraction of sp³-hybridized carbons (Fsp3) is 0.588. The first kappa shape index (κ1) is 16.3. The van der Waals surface area contributed by atoms with E-state index in [1.807, 2.05) is 6.07 Å². The molecular weight excluding hydrogens is 328 g/mol. The Morgan fingerprint density at radius 1 is 1.38 bits per heavy atom. The van der Waals surface area contributed by atoms with Gasteiger partial charge in [0.15, 0.2) is 0 Å². The van der Waals surface area contributed by atoms with Gasteiger partial charge in [0, 0.05) is 23.9 Å². The molecule has 21 heavy (non-hydrogen) atoms. The molecule has 3 nitrogen and oxygen atoms in total. The third kappa shape index (κ3) is 5.01. The Hall–Kier alpha value is -1.05. The lowest BCUT2D eigenvalue weighted by Gasteiger charge is -2.21. The maximum absolute atomic E-state index is 8.83. The zero-order chi connectivity index (χ0) is 15.5. The Balaban J connectivity index is 1.92. The molecule has 0 aromatic heterocycles. The van der Waals surface area contributed by atoms with Crippen molar-refractivity contribution >= 4 is 15.9 Å². The van der Waals surface area contributed by atoms with Crippen LogP contribution in [0.4, 0.5) is 0 Å². The van der Waals surface area contributed by atoms with Crippen LogP contribution in [-0.4, -0.2) is 12.1 Å². The zero-order valence-electron chi connectivity index (χ0n) is 13.0. The summed E-state index contributed by atoms with van der Waals surface area (Å²) in [5, 5.41) is 12.3. The van der Waals surface area contributed by atoms with E-state index in [1.54, 1.807) is 0 Å². The predicted molar refractivity (Wildman–Crippen MR) is 88.1 cm³/mol. The molecule has 4 heteroatoms. The van der Waals surface area contributed by atoms with Crippen LogP contribution in [0.25, 0.3) is 0 Å². The number of hydrogen-bond acceptors (Lipinski definition) is 3. The smallest absolute Gasteiger partial charge is 0.133 e. The van der Waals surface area contributed by atoms with E-state index in [2.05, 4.69) is 60.2 Å². The van der Waals surface area contributed by atoms with Crippen molar-refractivity contribution in [1.29, 1.82) is 5.26 Å². The van der Waals surface area contributed by atoms with Crippen LogP contribution in [0.3, 0.4) is 0 Å². The number of hydrogen-bond donors (Lipinski definition) is 1. The molecule has 1 fully saturated rings. The zero-order valence-corrected chi connectivity index (χ0v) is 14.6. The second-order valence-corrected chi connectivity index (χ2v) is 7.85. The molecule has 0 heterocycles. The molecule has 1 saturated carbocycles. The van der Waals surface area contributed by atoms with Crippen molar-refractivity contribution in [2.45, 2.75) is 52.1 Å². The summed E-state index contributed by atoms with van der Waals surface area (Å²) < 4.78 is 6.87. The number of ether oxygens (including phenoxy) is 1. The molecule has 0 amide bonds. The summed E-state index contributed by atoms with van der Waals surface area (Å²) in [5.41, 5.74) is 1.44. The van der Waals surface area contributed by atoms with Crippen LogP contribution in [-0.2, 0) is 6.54 Å². The molecule has 1 aliphatic rings. The normalized spacial score (nSPS) is 16.3. The molecule has 0 saturated heterocycles. The van der Waals surface area contributed by atoms with Gasteiger partial charge in [-0.25, -0.2) is 0 Å². The fourth-order valence-electron chi connectivity index (χ4n) is 2.09. The Morgan fingerprint density at radius 3 is 2.62 bits per heavy atom. The Labute approximate surface area is 135 Å². The van der Waals surface area contributed by atoms with Crippen LogP contribution < -0.4 is 10.1 Å². The molecule has 0 bridgehead atoms. The number of halogens is 1. The SMILES string of the molecule is CC(C)(C)NCc1ccc(OCC2(CC#N)CC2)c(Br)c1. The van der Waals surface area contributed by atoms with Crippen molar-refractivity contribution in [3.05, 3.63) is 28.2 Å². The summed E-state index contributed by atoms with van der Waals surface area (Å²) in [4.78, 5) is 0. The highest BCUT2D eigenvalue weighted by molar-refractivity contribution is 9.10. The lowest BCUT2D eigenvalue weighted by Crippen LogP contribution is -2.35. The molecule has 1 aromatic carbocycles. The third-order valence-corrected chi connectivity index (χ3v) is 4.38. The highest BCUT2D eigenvalue weighted by Gasteiger charge is 2.43. The van der Waals surface area contributed by atoms with Gasteiger partial charge in [-0.1, -0.05) is 6.07 Å². The summed E-state index contributed by atoms with van der Waals surface area (Å²) in [5.74, 6) is 0.860. The first-order valence-electron chi connectivity index (χ1n) is 7.37. The van der Waals surface area contributed by atoms with Crippen molar-refractivity contribution in [1.82, 2.24) is 5.32 Å². The number of nitrogens with one attached hydrogen (secondary N) is 1. The van der Waals surface area contributed by atoms with Gasteiger partial charge in [-0.3, -0.25) is 0 Å². The Bertz CT molecular complexity index is 539. The van der Waals surface area contributed by atoms with Gasteiger partial charge in [-0.2, -0.15) is 5.26 Å². The lowest BCUT2D eigenvalue weighted by atomic mass is 10.1. The van der Waals surface area contributed by atoms with Gasteiger partial charge in [0.05, 0.1) is 17.1 Å². The van der Waals surface area contributed by atoms with E-state index >= 15 is 0 Å². The van der Waals surface area contributed by atoms with E-state index in [-0.39, 0.29) is 11.0 Å². The molecule has 1 aromatic rings. The molecule has 1 aliphatic carbocycles. The standard InChI is InChI=1S/C17H23BrN2O/c1-16(2,3)20-11-13-4-5-15(14(18)10-13)21-12-17(6-7-17)8-9-19/h4-5,10,20H,6-8,11-12H2,1-3H3. The topological polar surface area (TPSA) is 45.0 Å². The van der Waals surface area contributed by atoms with Crippen molar-refractivity contribution in [3.8, 4) is 11.8 Å². The molecular formula is C17H23BrN2O. The van der Waals surface area contributed by atoms with E-state index in [9.17, 15) is 0 Å².